The number of hydrogen-bond donors (Lipinski definition) is 1. The van der Waals surface area contributed by atoms with E-state index in [1.807, 2.05) is 13.0 Å². The molecular weight excluding hydrogens is 210 g/mol. The van der Waals surface area contributed by atoms with Crippen molar-refractivity contribution in [2.75, 3.05) is 7.11 Å². The van der Waals surface area contributed by atoms with Gasteiger partial charge in [-0.25, -0.2) is 0 Å². The van der Waals surface area contributed by atoms with Crippen molar-refractivity contribution < 1.29 is 4.74 Å². The summed E-state index contributed by atoms with van der Waals surface area (Å²) in [6.45, 7) is 4.08. The molecule has 1 aromatic carbocycles. The molecular formula is C12H18ClNO. The molecule has 15 heavy (non-hydrogen) atoms. The molecule has 0 spiro atoms. The Kier molecular flexibility index (Phi) is 4.43. The molecule has 0 bridgehead atoms. The van der Waals surface area contributed by atoms with Gasteiger partial charge >= 0.3 is 0 Å². The van der Waals surface area contributed by atoms with Gasteiger partial charge in [-0.3, -0.25) is 0 Å². The van der Waals surface area contributed by atoms with Crippen LogP contribution in [0.3, 0.4) is 0 Å². The Bertz CT molecular complexity index is 337. The largest absolute Gasteiger partial charge is 0.495 e. The Morgan fingerprint density at radius 2 is 2.13 bits per heavy atom. The number of hydrogen-bond acceptors (Lipinski definition) is 2. The Balaban J connectivity index is 3.08. The van der Waals surface area contributed by atoms with Gasteiger partial charge in [0.1, 0.15) is 5.75 Å². The monoisotopic (exact) mass is 227 g/mol. The first-order valence-corrected chi connectivity index (χ1v) is 5.57. The van der Waals surface area contributed by atoms with E-state index in [4.69, 9.17) is 22.1 Å². The molecule has 0 aliphatic heterocycles. The number of ether oxygens (including phenoxy) is 1. The zero-order valence-corrected chi connectivity index (χ0v) is 10.3. The lowest BCUT2D eigenvalue weighted by Crippen LogP contribution is -2.17. The zero-order chi connectivity index (χ0) is 11.4. The standard InChI is InChI=1S/C12H18ClNO/c1-4-10-6-9(5-8(2)14)7-11(13)12(10)15-3/h6-8H,4-5,14H2,1-3H3. The van der Waals surface area contributed by atoms with Gasteiger partial charge in [0.05, 0.1) is 12.1 Å². The number of benzene rings is 1. The lowest BCUT2D eigenvalue weighted by molar-refractivity contribution is 0.410. The lowest BCUT2D eigenvalue weighted by atomic mass is 10.0. The third-order valence-corrected chi connectivity index (χ3v) is 2.60. The van der Waals surface area contributed by atoms with Gasteiger partial charge in [0.2, 0.25) is 0 Å². The number of rotatable bonds is 4. The normalized spacial score (nSPS) is 12.6. The lowest BCUT2D eigenvalue weighted by Gasteiger charge is -2.12. The molecule has 2 N–H and O–H groups in total. The third kappa shape index (κ3) is 3.11. The fraction of sp³-hybridized carbons (Fsp3) is 0.500. The van der Waals surface area contributed by atoms with Gasteiger partial charge < -0.3 is 10.5 Å². The van der Waals surface area contributed by atoms with Crippen molar-refractivity contribution in [2.24, 2.45) is 5.73 Å². The van der Waals surface area contributed by atoms with Crippen LogP contribution < -0.4 is 10.5 Å². The molecule has 0 radical (unpaired) electrons. The van der Waals surface area contributed by atoms with Crippen LogP contribution in [0.4, 0.5) is 0 Å². The summed E-state index contributed by atoms with van der Waals surface area (Å²) in [6.07, 6.45) is 1.76. The molecule has 84 valence electrons. The van der Waals surface area contributed by atoms with E-state index in [2.05, 4.69) is 13.0 Å². The molecule has 1 unspecified atom stereocenters. The number of aryl methyl sites for hydroxylation is 1. The molecule has 1 atom stereocenters. The first kappa shape index (κ1) is 12.3. The van der Waals surface area contributed by atoms with E-state index < -0.39 is 0 Å². The summed E-state index contributed by atoms with van der Waals surface area (Å²) < 4.78 is 5.26. The summed E-state index contributed by atoms with van der Waals surface area (Å²) in [5, 5.41) is 0.674. The van der Waals surface area contributed by atoms with Crippen LogP contribution in [0, 0.1) is 0 Å². The topological polar surface area (TPSA) is 35.2 Å². The van der Waals surface area contributed by atoms with E-state index in [0.717, 1.165) is 24.2 Å². The Hall–Kier alpha value is -0.730. The third-order valence-electron chi connectivity index (χ3n) is 2.32. The predicted molar refractivity (Wildman–Crippen MR) is 64.7 cm³/mol. The van der Waals surface area contributed by atoms with Gasteiger partial charge in [0.15, 0.2) is 0 Å². The zero-order valence-electron chi connectivity index (χ0n) is 9.51. The molecule has 1 aromatic rings. The molecule has 0 amide bonds. The Labute approximate surface area is 96.4 Å². The number of nitrogens with two attached hydrogens (primary N) is 1. The van der Waals surface area contributed by atoms with Crippen molar-refractivity contribution in [3.63, 3.8) is 0 Å². The van der Waals surface area contributed by atoms with Crippen LogP contribution in [-0.4, -0.2) is 13.2 Å². The van der Waals surface area contributed by atoms with Crippen LogP contribution in [-0.2, 0) is 12.8 Å². The minimum absolute atomic E-state index is 0.152. The van der Waals surface area contributed by atoms with Crippen molar-refractivity contribution in [3.05, 3.63) is 28.3 Å². The van der Waals surface area contributed by atoms with Crippen molar-refractivity contribution in [1.82, 2.24) is 0 Å². The fourth-order valence-corrected chi connectivity index (χ4v) is 2.03. The van der Waals surface area contributed by atoms with Gasteiger partial charge in [-0.2, -0.15) is 0 Å². The van der Waals surface area contributed by atoms with E-state index in [9.17, 15) is 0 Å². The average molecular weight is 228 g/mol. The van der Waals surface area contributed by atoms with E-state index in [0.29, 0.717) is 5.02 Å². The highest BCUT2D eigenvalue weighted by Crippen LogP contribution is 2.30. The molecule has 0 saturated carbocycles. The van der Waals surface area contributed by atoms with Gasteiger partial charge in [-0.05, 0) is 37.0 Å². The van der Waals surface area contributed by atoms with Gasteiger partial charge in [0.25, 0.3) is 0 Å². The molecule has 1 rings (SSSR count). The summed E-state index contributed by atoms with van der Waals surface area (Å²) in [7, 11) is 1.64. The molecule has 0 aliphatic rings. The fourth-order valence-electron chi connectivity index (χ4n) is 1.69. The van der Waals surface area contributed by atoms with Crippen molar-refractivity contribution >= 4 is 11.6 Å². The maximum atomic E-state index is 6.13. The molecule has 0 aliphatic carbocycles. The van der Waals surface area contributed by atoms with Crippen LogP contribution in [0.15, 0.2) is 12.1 Å². The second kappa shape index (κ2) is 5.38. The summed E-state index contributed by atoms with van der Waals surface area (Å²) in [5.41, 5.74) is 8.08. The van der Waals surface area contributed by atoms with Crippen molar-refractivity contribution in [3.8, 4) is 5.75 Å². The van der Waals surface area contributed by atoms with Crippen molar-refractivity contribution in [1.29, 1.82) is 0 Å². The molecule has 2 nitrogen and oxygen atoms in total. The van der Waals surface area contributed by atoms with Crippen molar-refractivity contribution in [2.45, 2.75) is 32.7 Å². The highest BCUT2D eigenvalue weighted by molar-refractivity contribution is 6.32. The summed E-state index contributed by atoms with van der Waals surface area (Å²) in [4.78, 5) is 0. The molecule has 3 heteroatoms. The highest BCUT2D eigenvalue weighted by atomic mass is 35.5. The van der Waals surface area contributed by atoms with Gasteiger partial charge in [-0.1, -0.05) is 24.6 Å². The van der Waals surface area contributed by atoms with E-state index in [-0.39, 0.29) is 6.04 Å². The van der Waals surface area contributed by atoms with Crippen LogP contribution in [0.2, 0.25) is 5.02 Å². The molecule has 0 aromatic heterocycles. The number of methoxy groups -OCH3 is 1. The molecule has 0 heterocycles. The SMILES string of the molecule is CCc1cc(CC(C)N)cc(Cl)c1OC. The minimum atomic E-state index is 0.152. The van der Waals surface area contributed by atoms with Crippen LogP contribution in [0.1, 0.15) is 25.0 Å². The second-order valence-corrected chi connectivity index (χ2v) is 4.21. The summed E-state index contributed by atoms with van der Waals surface area (Å²) in [6, 6.07) is 4.20. The second-order valence-electron chi connectivity index (χ2n) is 3.80. The quantitative estimate of drug-likeness (QED) is 0.859. The predicted octanol–water partition coefficient (Wildman–Crippen LogP) is 2.80. The van der Waals surface area contributed by atoms with Crippen LogP contribution in [0.25, 0.3) is 0 Å². The average Bonchev–Trinajstić information content (AvgIpc) is 2.15. The number of halogens is 1. The summed E-state index contributed by atoms with van der Waals surface area (Å²) in [5.74, 6) is 0.785. The van der Waals surface area contributed by atoms with Crippen LogP contribution >= 0.6 is 11.6 Å². The maximum Gasteiger partial charge on any atom is 0.140 e. The molecule has 0 fully saturated rings. The van der Waals surface area contributed by atoms with Crippen LogP contribution in [0.5, 0.6) is 5.75 Å². The van der Waals surface area contributed by atoms with E-state index in [1.165, 1.54) is 5.56 Å². The van der Waals surface area contributed by atoms with E-state index >= 15 is 0 Å². The van der Waals surface area contributed by atoms with E-state index in [1.54, 1.807) is 7.11 Å². The summed E-state index contributed by atoms with van der Waals surface area (Å²) >= 11 is 6.13. The Morgan fingerprint density at radius 3 is 2.60 bits per heavy atom. The first-order chi connectivity index (χ1) is 7.08. The Morgan fingerprint density at radius 1 is 1.47 bits per heavy atom. The minimum Gasteiger partial charge on any atom is -0.495 e. The van der Waals surface area contributed by atoms with Gasteiger partial charge in [-0.15, -0.1) is 0 Å². The smallest absolute Gasteiger partial charge is 0.140 e. The first-order valence-electron chi connectivity index (χ1n) is 5.19. The highest BCUT2D eigenvalue weighted by Gasteiger charge is 2.09. The maximum absolute atomic E-state index is 6.13. The molecule has 0 saturated heterocycles. The van der Waals surface area contributed by atoms with Gasteiger partial charge in [0, 0.05) is 6.04 Å².